The molecule has 0 atom stereocenters. The van der Waals surface area contributed by atoms with Crippen LogP contribution in [0.2, 0.25) is 0 Å². The summed E-state index contributed by atoms with van der Waals surface area (Å²) in [4.78, 5) is 7.48. The normalized spacial score (nSPS) is 10.8. The van der Waals surface area contributed by atoms with Gasteiger partial charge in [0.25, 0.3) is 0 Å². The van der Waals surface area contributed by atoms with Gasteiger partial charge in [0.05, 0.1) is 12.1 Å². The number of rotatable bonds is 2. The Labute approximate surface area is 101 Å². The Morgan fingerprint density at radius 2 is 2.47 bits per heavy atom. The van der Waals surface area contributed by atoms with E-state index in [-0.39, 0.29) is 0 Å². The molecular formula is C10H10BrN3S. The van der Waals surface area contributed by atoms with E-state index in [2.05, 4.69) is 32.5 Å². The summed E-state index contributed by atoms with van der Waals surface area (Å²) in [7, 11) is 0. The second kappa shape index (κ2) is 3.90. The Morgan fingerprint density at radius 3 is 3.13 bits per heavy atom. The Kier molecular flexibility index (Phi) is 2.75. The lowest BCUT2D eigenvalue weighted by atomic mass is 10.3. The molecule has 0 amide bonds. The van der Waals surface area contributed by atoms with Crippen LogP contribution in [0.1, 0.15) is 5.56 Å². The Balaban J connectivity index is 2.68. The number of nitrogens with zero attached hydrogens (tertiary/aromatic N) is 2. The van der Waals surface area contributed by atoms with Crippen LogP contribution in [0.25, 0.3) is 11.2 Å². The van der Waals surface area contributed by atoms with Gasteiger partial charge in [-0.2, -0.15) is 0 Å². The van der Waals surface area contributed by atoms with Crippen LogP contribution in [0.3, 0.4) is 0 Å². The first-order valence-corrected chi connectivity index (χ1v) is 5.66. The zero-order valence-corrected chi connectivity index (χ0v) is 10.7. The molecule has 0 fully saturated rings. The van der Waals surface area contributed by atoms with Crippen molar-refractivity contribution in [2.24, 2.45) is 0 Å². The van der Waals surface area contributed by atoms with E-state index < -0.39 is 0 Å². The van der Waals surface area contributed by atoms with Crippen molar-refractivity contribution >= 4 is 39.3 Å². The van der Waals surface area contributed by atoms with Crippen LogP contribution in [0.4, 0.5) is 0 Å². The second-order valence-electron chi connectivity index (χ2n) is 3.42. The molecule has 1 N–H and O–H groups in total. The average molecular weight is 284 g/mol. The summed E-state index contributed by atoms with van der Waals surface area (Å²) in [6.07, 6.45) is 1.83. The van der Waals surface area contributed by atoms with Gasteiger partial charge in [-0.25, -0.2) is 4.98 Å². The maximum atomic E-state index is 5.22. The molecule has 2 aromatic rings. The number of imidazole rings is 1. The summed E-state index contributed by atoms with van der Waals surface area (Å²) in [5.74, 6) is 0. The maximum Gasteiger partial charge on any atom is 0.179 e. The molecule has 0 bridgehead atoms. The van der Waals surface area contributed by atoms with Crippen LogP contribution in [0.15, 0.2) is 23.3 Å². The summed E-state index contributed by atoms with van der Waals surface area (Å²) < 4.78 is 3.46. The summed E-state index contributed by atoms with van der Waals surface area (Å²) in [6, 6.07) is 2.03. The van der Waals surface area contributed by atoms with Crippen molar-refractivity contribution in [1.29, 1.82) is 0 Å². The number of hydrogen-bond donors (Lipinski definition) is 1. The summed E-state index contributed by atoms with van der Waals surface area (Å²) in [5.41, 5.74) is 2.95. The van der Waals surface area contributed by atoms with Crippen LogP contribution >= 0.6 is 28.1 Å². The van der Waals surface area contributed by atoms with Crippen LogP contribution in [0, 0.1) is 11.7 Å². The van der Waals surface area contributed by atoms with E-state index in [1.54, 1.807) is 0 Å². The van der Waals surface area contributed by atoms with Gasteiger partial charge in [-0.3, -0.25) is 4.57 Å². The number of aromatic amines is 1. The maximum absolute atomic E-state index is 5.22. The highest BCUT2D eigenvalue weighted by atomic mass is 79.9. The number of aromatic nitrogens is 3. The fourth-order valence-electron chi connectivity index (χ4n) is 1.47. The molecule has 0 saturated carbocycles. The predicted molar refractivity (Wildman–Crippen MR) is 67.7 cm³/mol. The molecule has 0 spiro atoms. The quantitative estimate of drug-likeness (QED) is 0.858. The topological polar surface area (TPSA) is 33.6 Å². The molecule has 2 heterocycles. The number of pyridine rings is 1. The van der Waals surface area contributed by atoms with E-state index in [4.69, 9.17) is 12.2 Å². The fraction of sp³-hybridized carbons (Fsp3) is 0.200. The van der Waals surface area contributed by atoms with Crippen molar-refractivity contribution in [3.05, 3.63) is 33.7 Å². The highest BCUT2D eigenvalue weighted by molar-refractivity contribution is 9.11. The lowest BCUT2D eigenvalue weighted by molar-refractivity contribution is 0.818. The van der Waals surface area contributed by atoms with E-state index in [0.717, 1.165) is 21.2 Å². The summed E-state index contributed by atoms with van der Waals surface area (Å²) in [6.45, 7) is 6.44. The molecule has 5 heteroatoms. The third-order valence-corrected chi connectivity index (χ3v) is 2.65. The van der Waals surface area contributed by atoms with Crippen molar-refractivity contribution in [3.63, 3.8) is 0 Å². The molecule has 0 radical (unpaired) electrons. The molecule has 3 nitrogen and oxygen atoms in total. The molecule has 0 aliphatic heterocycles. The van der Waals surface area contributed by atoms with Crippen LogP contribution < -0.4 is 0 Å². The first-order valence-electron chi connectivity index (χ1n) is 4.46. The van der Waals surface area contributed by atoms with Gasteiger partial charge in [0.15, 0.2) is 10.4 Å². The van der Waals surface area contributed by atoms with Crippen molar-refractivity contribution in [3.8, 4) is 0 Å². The first-order chi connectivity index (χ1) is 7.08. The number of fused-ring (bicyclic) bond motifs is 1. The molecule has 78 valence electrons. The number of hydrogen-bond acceptors (Lipinski definition) is 2. The third kappa shape index (κ3) is 2.03. The van der Waals surface area contributed by atoms with Gasteiger partial charge in [-0.05, 0) is 30.8 Å². The first kappa shape index (κ1) is 10.6. The molecule has 2 aromatic heterocycles. The van der Waals surface area contributed by atoms with Gasteiger partial charge in [-0.1, -0.05) is 22.5 Å². The van der Waals surface area contributed by atoms with Gasteiger partial charge in [0, 0.05) is 10.7 Å². The van der Waals surface area contributed by atoms with Crippen LogP contribution in [-0.2, 0) is 6.54 Å². The van der Waals surface area contributed by atoms with Crippen molar-refractivity contribution < 1.29 is 0 Å². The highest BCUT2D eigenvalue weighted by Gasteiger charge is 2.05. The Bertz CT molecular complexity index is 582. The number of allylic oxidation sites excluding steroid dienone is 1. The number of nitrogens with one attached hydrogen (secondary N) is 1. The zero-order valence-electron chi connectivity index (χ0n) is 8.25. The molecule has 2 rings (SSSR count). The fourth-order valence-corrected chi connectivity index (χ4v) is 1.98. The third-order valence-electron chi connectivity index (χ3n) is 2.08. The second-order valence-corrected chi connectivity index (χ2v) is 4.93. The van der Waals surface area contributed by atoms with Crippen molar-refractivity contribution in [2.45, 2.75) is 13.5 Å². The number of halogens is 1. The standard InChI is InChI=1S/C10H10BrN3S/c1-6-3-8-9(12-4-6)14(5-7(2)11)10(15)13-8/h3-4H,2,5H2,1H3,(H,13,15). The Morgan fingerprint density at radius 1 is 1.73 bits per heavy atom. The van der Waals surface area contributed by atoms with Gasteiger partial charge >= 0.3 is 0 Å². The smallest absolute Gasteiger partial charge is 0.179 e. The van der Waals surface area contributed by atoms with Crippen LogP contribution in [0.5, 0.6) is 0 Å². The lowest BCUT2D eigenvalue weighted by Gasteiger charge is -2.01. The minimum absolute atomic E-state index is 0.634. The number of H-pyrrole nitrogens is 1. The van der Waals surface area contributed by atoms with Gasteiger partial charge in [0.2, 0.25) is 0 Å². The minimum Gasteiger partial charge on any atom is -0.329 e. The van der Waals surface area contributed by atoms with E-state index in [9.17, 15) is 0 Å². The SMILES string of the molecule is C=C(Br)Cn1c(=S)[nH]c2cc(C)cnc21. The molecule has 0 aliphatic carbocycles. The minimum atomic E-state index is 0.634. The van der Waals surface area contributed by atoms with Crippen molar-refractivity contribution in [2.75, 3.05) is 0 Å². The van der Waals surface area contributed by atoms with Crippen molar-refractivity contribution in [1.82, 2.24) is 14.5 Å². The van der Waals surface area contributed by atoms with Gasteiger partial charge < -0.3 is 4.98 Å². The zero-order chi connectivity index (χ0) is 11.0. The monoisotopic (exact) mass is 283 g/mol. The summed E-state index contributed by atoms with van der Waals surface area (Å²) in [5, 5.41) is 0. The summed E-state index contributed by atoms with van der Waals surface area (Å²) >= 11 is 8.55. The molecule has 0 saturated heterocycles. The van der Waals surface area contributed by atoms with E-state index >= 15 is 0 Å². The Hall–Kier alpha value is -0.940. The highest BCUT2D eigenvalue weighted by Crippen LogP contribution is 2.15. The molecule has 0 aromatic carbocycles. The van der Waals surface area contributed by atoms with Gasteiger partial charge in [-0.15, -0.1) is 0 Å². The van der Waals surface area contributed by atoms with E-state index in [1.165, 1.54) is 0 Å². The van der Waals surface area contributed by atoms with E-state index in [1.807, 2.05) is 23.8 Å². The lowest BCUT2D eigenvalue weighted by Crippen LogP contribution is -1.98. The van der Waals surface area contributed by atoms with Gasteiger partial charge in [0.1, 0.15) is 0 Å². The molecule has 0 aliphatic rings. The van der Waals surface area contributed by atoms with E-state index in [0.29, 0.717) is 11.3 Å². The van der Waals surface area contributed by atoms with Crippen LogP contribution in [-0.4, -0.2) is 14.5 Å². The predicted octanol–water partition coefficient (Wildman–Crippen LogP) is 3.31. The molecular weight excluding hydrogens is 274 g/mol. The average Bonchev–Trinajstić information content (AvgIpc) is 2.41. The largest absolute Gasteiger partial charge is 0.329 e. The number of aryl methyl sites for hydroxylation is 1. The molecule has 0 unspecified atom stereocenters. The molecule has 15 heavy (non-hydrogen) atoms.